The maximum Gasteiger partial charge on any atom is 0.256 e. The molecule has 0 radical (unpaired) electrons. The van der Waals surface area contributed by atoms with Crippen molar-refractivity contribution in [3.8, 4) is 11.5 Å². The highest BCUT2D eigenvalue weighted by Crippen LogP contribution is 2.32. The van der Waals surface area contributed by atoms with Gasteiger partial charge < -0.3 is 19.7 Å². The number of carbonyl (C=O) groups is 2. The summed E-state index contributed by atoms with van der Waals surface area (Å²) < 4.78 is 24.4. The monoisotopic (exact) mass is 399 g/mol. The minimum atomic E-state index is -0.494. The van der Waals surface area contributed by atoms with Crippen molar-refractivity contribution in [3.05, 3.63) is 59.4 Å². The standard InChI is InChI=1S/C21H22FN3O4/c22-17-4-2-1-3-16(17)21(27)25-11-9-24(10-12-25)8-7-23-20(26)15-5-6-18-19(13-15)29-14-28-18/h1-6,13H,7-12,14H2,(H,23,26). The zero-order valence-corrected chi connectivity index (χ0v) is 15.9. The van der Waals surface area contributed by atoms with E-state index in [0.717, 1.165) is 0 Å². The fourth-order valence-electron chi connectivity index (χ4n) is 3.45. The van der Waals surface area contributed by atoms with E-state index < -0.39 is 5.82 Å². The molecule has 152 valence electrons. The molecule has 0 bridgehead atoms. The Kier molecular flexibility index (Phi) is 5.62. The van der Waals surface area contributed by atoms with Crippen molar-refractivity contribution in [2.24, 2.45) is 0 Å². The van der Waals surface area contributed by atoms with Crippen LogP contribution < -0.4 is 14.8 Å². The van der Waals surface area contributed by atoms with Crippen LogP contribution in [0.25, 0.3) is 0 Å². The van der Waals surface area contributed by atoms with Gasteiger partial charge in [0.15, 0.2) is 11.5 Å². The van der Waals surface area contributed by atoms with Gasteiger partial charge in [0.25, 0.3) is 11.8 Å². The molecule has 4 rings (SSSR count). The van der Waals surface area contributed by atoms with Gasteiger partial charge in [-0.2, -0.15) is 0 Å². The number of hydrogen-bond donors (Lipinski definition) is 1. The van der Waals surface area contributed by atoms with E-state index in [1.54, 1.807) is 35.2 Å². The molecule has 0 aliphatic carbocycles. The smallest absolute Gasteiger partial charge is 0.256 e. The molecule has 2 heterocycles. The summed E-state index contributed by atoms with van der Waals surface area (Å²) in [6.45, 7) is 3.77. The van der Waals surface area contributed by atoms with Gasteiger partial charge in [0.2, 0.25) is 6.79 Å². The maximum absolute atomic E-state index is 13.8. The van der Waals surface area contributed by atoms with Gasteiger partial charge in [-0.25, -0.2) is 4.39 Å². The lowest BCUT2D eigenvalue weighted by atomic mass is 10.1. The zero-order valence-electron chi connectivity index (χ0n) is 15.9. The molecule has 1 fully saturated rings. The average molecular weight is 399 g/mol. The topological polar surface area (TPSA) is 71.1 Å². The van der Waals surface area contributed by atoms with Crippen LogP contribution >= 0.6 is 0 Å². The normalized spacial score (nSPS) is 16.0. The molecular weight excluding hydrogens is 377 g/mol. The Bertz CT molecular complexity index is 913. The first-order valence-corrected chi connectivity index (χ1v) is 9.56. The summed E-state index contributed by atoms with van der Waals surface area (Å²) in [5.41, 5.74) is 0.631. The lowest BCUT2D eigenvalue weighted by Gasteiger charge is -2.34. The van der Waals surface area contributed by atoms with Crippen LogP contribution in [0.15, 0.2) is 42.5 Å². The number of benzene rings is 2. The Balaban J connectivity index is 1.22. The molecule has 2 aliphatic heterocycles. The van der Waals surface area contributed by atoms with E-state index >= 15 is 0 Å². The minimum Gasteiger partial charge on any atom is -0.454 e. The van der Waals surface area contributed by atoms with Crippen molar-refractivity contribution >= 4 is 11.8 Å². The number of nitrogens with one attached hydrogen (secondary N) is 1. The Morgan fingerprint density at radius 3 is 2.55 bits per heavy atom. The summed E-state index contributed by atoms with van der Waals surface area (Å²) in [6, 6.07) is 11.1. The van der Waals surface area contributed by atoms with Crippen molar-refractivity contribution in [3.63, 3.8) is 0 Å². The molecule has 0 aromatic heterocycles. The summed E-state index contributed by atoms with van der Waals surface area (Å²) in [4.78, 5) is 28.6. The highest BCUT2D eigenvalue weighted by atomic mass is 19.1. The van der Waals surface area contributed by atoms with Crippen molar-refractivity contribution in [1.29, 1.82) is 0 Å². The molecule has 0 saturated carbocycles. The molecule has 29 heavy (non-hydrogen) atoms. The maximum atomic E-state index is 13.8. The van der Waals surface area contributed by atoms with Gasteiger partial charge in [0, 0.05) is 44.8 Å². The molecule has 1 N–H and O–H groups in total. The third-order valence-corrected chi connectivity index (χ3v) is 5.11. The minimum absolute atomic E-state index is 0.108. The largest absolute Gasteiger partial charge is 0.454 e. The summed E-state index contributed by atoms with van der Waals surface area (Å²) in [7, 11) is 0. The van der Waals surface area contributed by atoms with E-state index in [-0.39, 0.29) is 24.2 Å². The van der Waals surface area contributed by atoms with Crippen LogP contribution in [-0.4, -0.2) is 67.7 Å². The predicted octanol–water partition coefficient (Wildman–Crippen LogP) is 1.74. The summed E-state index contributed by atoms with van der Waals surface area (Å²) in [5.74, 6) is 0.277. The second-order valence-electron chi connectivity index (χ2n) is 6.94. The van der Waals surface area contributed by atoms with Gasteiger partial charge in [-0.15, -0.1) is 0 Å². The molecule has 2 aliphatic rings. The number of nitrogens with zero attached hydrogens (tertiary/aromatic N) is 2. The Labute approximate surface area is 168 Å². The molecule has 0 atom stereocenters. The van der Waals surface area contributed by atoms with Gasteiger partial charge in [-0.1, -0.05) is 12.1 Å². The molecule has 2 aromatic carbocycles. The lowest BCUT2D eigenvalue weighted by molar-refractivity contribution is 0.0633. The molecule has 0 spiro atoms. The fraction of sp³-hybridized carbons (Fsp3) is 0.333. The summed E-state index contributed by atoms with van der Waals surface area (Å²) >= 11 is 0. The number of halogens is 1. The Morgan fingerprint density at radius 2 is 1.76 bits per heavy atom. The first-order valence-electron chi connectivity index (χ1n) is 9.56. The molecule has 1 saturated heterocycles. The zero-order chi connectivity index (χ0) is 20.2. The van der Waals surface area contributed by atoms with Gasteiger partial charge in [-0.05, 0) is 30.3 Å². The first-order chi connectivity index (χ1) is 14.1. The number of hydrogen-bond acceptors (Lipinski definition) is 5. The van der Waals surface area contributed by atoms with Gasteiger partial charge in [0.05, 0.1) is 5.56 Å². The summed E-state index contributed by atoms with van der Waals surface area (Å²) in [5, 5.41) is 2.90. The summed E-state index contributed by atoms with van der Waals surface area (Å²) in [6.07, 6.45) is 0. The Hall–Kier alpha value is -3.13. The molecule has 8 heteroatoms. The predicted molar refractivity (Wildman–Crippen MR) is 104 cm³/mol. The molecule has 7 nitrogen and oxygen atoms in total. The van der Waals surface area contributed by atoms with Crippen molar-refractivity contribution in [2.45, 2.75) is 0 Å². The van der Waals surface area contributed by atoms with Crippen LogP contribution in [0.1, 0.15) is 20.7 Å². The van der Waals surface area contributed by atoms with Crippen LogP contribution in [0.2, 0.25) is 0 Å². The van der Waals surface area contributed by atoms with Crippen molar-refractivity contribution in [1.82, 2.24) is 15.1 Å². The molecule has 2 amide bonds. The van der Waals surface area contributed by atoms with Crippen molar-refractivity contribution in [2.75, 3.05) is 46.1 Å². The van der Waals surface area contributed by atoms with Crippen LogP contribution in [0.5, 0.6) is 11.5 Å². The van der Waals surface area contributed by atoms with E-state index in [2.05, 4.69) is 10.2 Å². The fourth-order valence-corrected chi connectivity index (χ4v) is 3.45. The average Bonchev–Trinajstić information content (AvgIpc) is 3.22. The van der Waals surface area contributed by atoms with E-state index in [9.17, 15) is 14.0 Å². The quantitative estimate of drug-likeness (QED) is 0.830. The molecular formula is C21H22FN3O4. The van der Waals surface area contributed by atoms with Crippen LogP contribution in [0.3, 0.4) is 0 Å². The van der Waals surface area contributed by atoms with Crippen LogP contribution in [0, 0.1) is 5.82 Å². The number of ether oxygens (including phenoxy) is 2. The van der Waals surface area contributed by atoms with E-state index in [4.69, 9.17) is 9.47 Å². The van der Waals surface area contributed by atoms with E-state index in [1.165, 1.54) is 12.1 Å². The highest BCUT2D eigenvalue weighted by Gasteiger charge is 2.24. The van der Waals surface area contributed by atoms with Gasteiger partial charge in [-0.3, -0.25) is 14.5 Å². The van der Waals surface area contributed by atoms with Crippen molar-refractivity contribution < 1.29 is 23.5 Å². The van der Waals surface area contributed by atoms with E-state index in [1.807, 2.05) is 0 Å². The second kappa shape index (κ2) is 8.48. The number of carbonyl (C=O) groups excluding carboxylic acids is 2. The third kappa shape index (κ3) is 4.32. The highest BCUT2D eigenvalue weighted by molar-refractivity contribution is 5.95. The van der Waals surface area contributed by atoms with Crippen LogP contribution in [-0.2, 0) is 0 Å². The van der Waals surface area contributed by atoms with Crippen LogP contribution in [0.4, 0.5) is 4.39 Å². The number of fused-ring (bicyclic) bond motifs is 1. The third-order valence-electron chi connectivity index (χ3n) is 5.11. The number of piperazine rings is 1. The van der Waals surface area contributed by atoms with E-state index in [0.29, 0.717) is 56.3 Å². The first kappa shape index (κ1) is 19.2. The molecule has 2 aromatic rings. The van der Waals surface area contributed by atoms with Gasteiger partial charge in [0.1, 0.15) is 5.82 Å². The van der Waals surface area contributed by atoms with Gasteiger partial charge >= 0.3 is 0 Å². The lowest BCUT2D eigenvalue weighted by Crippen LogP contribution is -2.50. The SMILES string of the molecule is O=C(NCCN1CCN(C(=O)c2ccccc2F)CC1)c1ccc2c(c1)OCO2. The molecule has 0 unspecified atom stereocenters. The number of amides is 2. The number of rotatable bonds is 5. The Morgan fingerprint density at radius 1 is 1.00 bits per heavy atom. The second-order valence-corrected chi connectivity index (χ2v) is 6.94.